The van der Waals surface area contributed by atoms with Crippen molar-refractivity contribution in [1.82, 2.24) is 0 Å². The Kier molecular flexibility index (Phi) is 9.32. The zero-order valence-electron chi connectivity index (χ0n) is 21.5. The van der Waals surface area contributed by atoms with E-state index in [0.717, 1.165) is 19.9 Å². The van der Waals surface area contributed by atoms with Crippen molar-refractivity contribution in [2.45, 2.75) is 50.8 Å². The third kappa shape index (κ3) is 7.06. The van der Waals surface area contributed by atoms with Gasteiger partial charge < -0.3 is 9.47 Å². The molecule has 3 aromatic carbocycles. The molecule has 0 aliphatic rings. The Morgan fingerprint density at radius 1 is 1.00 bits per heavy atom. The lowest BCUT2D eigenvalue weighted by atomic mass is 9.87. The van der Waals surface area contributed by atoms with Gasteiger partial charge in [-0.15, -0.1) is 0 Å². The van der Waals surface area contributed by atoms with E-state index in [1.165, 1.54) is 37.4 Å². The van der Waals surface area contributed by atoms with Crippen molar-refractivity contribution in [3.8, 4) is 11.5 Å². The largest absolute Gasteiger partial charge is 0.495 e. The third-order valence-corrected chi connectivity index (χ3v) is 8.42. The Morgan fingerprint density at radius 3 is 2.22 bits per heavy atom. The molecule has 6 nitrogen and oxygen atoms in total. The van der Waals surface area contributed by atoms with E-state index >= 15 is 0 Å². The van der Waals surface area contributed by atoms with Crippen LogP contribution in [0.4, 0.5) is 5.69 Å². The first-order chi connectivity index (χ1) is 17.3. The number of anilines is 1. The number of halogens is 2. The van der Waals surface area contributed by atoms with Crippen molar-refractivity contribution >= 4 is 49.1 Å². The molecule has 0 atom stereocenters. The molecule has 0 saturated carbocycles. The molecule has 0 fully saturated rings. The number of ether oxygens (including phenoxy) is 2. The van der Waals surface area contributed by atoms with Crippen molar-refractivity contribution in [3.05, 3.63) is 81.3 Å². The highest BCUT2D eigenvalue weighted by Crippen LogP contribution is 2.34. The van der Waals surface area contributed by atoms with Gasteiger partial charge in [-0.25, -0.2) is 12.7 Å². The molecule has 0 heterocycles. The monoisotopic (exact) mass is 607 g/mol. The van der Waals surface area contributed by atoms with E-state index in [1.807, 2.05) is 25.1 Å². The predicted octanol–water partition coefficient (Wildman–Crippen LogP) is 7.30. The van der Waals surface area contributed by atoms with Crippen molar-refractivity contribution in [1.29, 1.82) is 0 Å². The van der Waals surface area contributed by atoms with Crippen molar-refractivity contribution in [2.24, 2.45) is 0 Å². The number of amides is 1. The molecule has 37 heavy (non-hydrogen) atoms. The number of sulfonamides is 1. The summed E-state index contributed by atoms with van der Waals surface area (Å²) in [5, 5.41) is 0.198. The predicted molar refractivity (Wildman–Crippen MR) is 151 cm³/mol. The highest BCUT2D eigenvalue weighted by molar-refractivity contribution is 9.10. The molecule has 0 unspecified atom stereocenters. The van der Waals surface area contributed by atoms with Gasteiger partial charge >= 0.3 is 0 Å². The molecule has 0 aliphatic carbocycles. The Morgan fingerprint density at radius 2 is 1.65 bits per heavy atom. The summed E-state index contributed by atoms with van der Waals surface area (Å²) in [6.45, 7) is 8.49. The lowest BCUT2D eigenvalue weighted by molar-refractivity contribution is -0.117. The van der Waals surface area contributed by atoms with E-state index in [1.54, 1.807) is 12.1 Å². The molecule has 0 saturated heterocycles. The average Bonchev–Trinajstić information content (AvgIpc) is 2.82. The van der Waals surface area contributed by atoms with Crippen LogP contribution in [0.2, 0.25) is 5.02 Å². The molecule has 0 spiro atoms. The number of carbonyl (C=O) groups is 1. The number of hydrogen-bond acceptors (Lipinski definition) is 5. The second kappa shape index (κ2) is 11.9. The third-order valence-electron chi connectivity index (χ3n) is 5.75. The summed E-state index contributed by atoms with van der Waals surface area (Å²) in [4.78, 5) is 13.3. The minimum Gasteiger partial charge on any atom is -0.495 e. The first-order valence-electron chi connectivity index (χ1n) is 11.8. The first kappa shape index (κ1) is 29.0. The summed E-state index contributed by atoms with van der Waals surface area (Å²) < 4.78 is 39.8. The van der Waals surface area contributed by atoms with Gasteiger partial charge in [-0.05, 0) is 82.7 Å². The van der Waals surface area contributed by atoms with E-state index < -0.39 is 15.9 Å². The van der Waals surface area contributed by atoms with E-state index in [2.05, 4.69) is 36.7 Å². The first-order valence-corrected chi connectivity index (χ1v) is 14.4. The molecule has 0 bridgehead atoms. The molecule has 198 valence electrons. The van der Waals surface area contributed by atoms with Gasteiger partial charge in [0.25, 0.3) is 10.0 Å². The van der Waals surface area contributed by atoms with Crippen LogP contribution in [0.1, 0.15) is 44.7 Å². The van der Waals surface area contributed by atoms with Crippen molar-refractivity contribution in [3.63, 3.8) is 0 Å². The molecule has 9 heteroatoms. The number of rotatable bonds is 9. The van der Waals surface area contributed by atoms with Crippen LogP contribution in [0, 0.1) is 6.92 Å². The van der Waals surface area contributed by atoms with Gasteiger partial charge in [0.1, 0.15) is 11.5 Å². The van der Waals surface area contributed by atoms with Crippen LogP contribution in [-0.2, 0) is 20.2 Å². The summed E-state index contributed by atoms with van der Waals surface area (Å²) >= 11 is 9.81. The second-order valence-electron chi connectivity index (χ2n) is 9.64. The fourth-order valence-corrected chi connectivity index (χ4v) is 5.79. The molecular weight excluding hydrogens is 578 g/mol. The van der Waals surface area contributed by atoms with E-state index in [0.29, 0.717) is 17.9 Å². The number of aryl methyl sites for hydroxylation is 1. The zero-order valence-corrected chi connectivity index (χ0v) is 24.7. The lowest BCUT2D eigenvalue weighted by Gasteiger charge is -2.23. The van der Waals surface area contributed by atoms with Gasteiger partial charge in [-0.1, -0.05) is 56.1 Å². The quantitative estimate of drug-likeness (QED) is 0.238. The summed E-state index contributed by atoms with van der Waals surface area (Å²) in [6.07, 6.45) is 0.266. The maximum absolute atomic E-state index is 13.6. The van der Waals surface area contributed by atoms with Crippen LogP contribution < -0.4 is 13.8 Å². The maximum Gasteiger partial charge on any atom is 0.270 e. The number of hydrogen-bond donors (Lipinski definition) is 0. The van der Waals surface area contributed by atoms with E-state index in [4.69, 9.17) is 21.1 Å². The summed E-state index contributed by atoms with van der Waals surface area (Å²) in [7, 11) is -2.73. The van der Waals surface area contributed by atoms with Gasteiger partial charge in [-0.3, -0.25) is 4.79 Å². The molecule has 0 aromatic heterocycles. The minimum absolute atomic E-state index is 0.00419. The average molecular weight is 609 g/mol. The minimum atomic E-state index is -4.19. The van der Waals surface area contributed by atoms with Crippen LogP contribution in [0.25, 0.3) is 0 Å². The zero-order chi connectivity index (χ0) is 27.4. The van der Waals surface area contributed by atoms with Gasteiger partial charge in [0.05, 0.1) is 33.8 Å². The number of carbonyl (C=O) groups excluding carboxylic acids is 1. The Balaban J connectivity index is 1.79. The molecule has 0 radical (unpaired) electrons. The van der Waals surface area contributed by atoms with Crippen LogP contribution in [-0.4, -0.2) is 28.0 Å². The van der Waals surface area contributed by atoms with Gasteiger partial charge in [0.2, 0.25) is 5.91 Å². The Labute approximate surface area is 232 Å². The van der Waals surface area contributed by atoms with Crippen LogP contribution >= 0.6 is 27.5 Å². The smallest absolute Gasteiger partial charge is 0.270 e. The summed E-state index contributed by atoms with van der Waals surface area (Å²) in [6, 6.07) is 16.7. The number of nitrogens with zero attached hydrogens (tertiary/aromatic N) is 1. The number of benzene rings is 3. The van der Waals surface area contributed by atoms with Gasteiger partial charge in [-0.2, -0.15) is 0 Å². The molecule has 3 rings (SSSR count). The summed E-state index contributed by atoms with van der Waals surface area (Å²) in [5.41, 5.74) is 2.21. The topological polar surface area (TPSA) is 72.9 Å². The molecule has 0 N–H and O–H groups in total. The Bertz CT molecular complexity index is 1370. The van der Waals surface area contributed by atoms with E-state index in [-0.39, 0.29) is 34.0 Å². The molecule has 1 amide bonds. The number of methoxy groups -OCH3 is 1. The highest BCUT2D eigenvalue weighted by Gasteiger charge is 2.31. The van der Waals surface area contributed by atoms with Crippen molar-refractivity contribution in [2.75, 3.05) is 18.0 Å². The molecule has 0 aliphatic heterocycles. The normalized spacial score (nSPS) is 11.8. The maximum atomic E-state index is 13.6. The SMILES string of the molecule is COc1ccc(N(C(=O)CCCOc2ccc(C(C)(C)C)cc2Br)S(=O)(=O)c2ccc(C)cc2)cc1Cl. The standard InChI is InChI=1S/C28H31BrClNO5S/c1-19-8-12-22(13-9-19)37(33,34)31(21-11-15-26(35-5)24(30)18-21)27(32)7-6-16-36-25-14-10-20(17-23(25)29)28(2,3)4/h8-15,17-18H,6-7,16H2,1-5H3. The lowest BCUT2D eigenvalue weighted by Crippen LogP contribution is -2.37. The van der Waals surface area contributed by atoms with Crippen LogP contribution in [0.3, 0.4) is 0 Å². The van der Waals surface area contributed by atoms with Crippen molar-refractivity contribution < 1.29 is 22.7 Å². The molecule has 3 aromatic rings. The summed E-state index contributed by atoms with van der Waals surface area (Å²) in [5.74, 6) is 0.445. The van der Waals surface area contributed by atoms with Crippen LogP contribution in [0.5, 0.6) is 11.5 Å². The van der Waals surface area contributed by atoms with Gasteiger partial charge in [0, 0.05) is 6.42 Å². The van der Waals surface area contributed by atoms with Gasteiger partial charge in [0.15, 0.2) is 0 Å². The second-order valence-corrected chi connectivity index (χ2v) is 12.7. The van der Waals surface area contributed by atoms with Crippen LogP contribution in [0.15, 0.2) is 70.0 Å². The Hall–Kier alpha value is -2.55. The highest BCUT2D eigenvalue weighted by atomic mass is 79.9. The fourth-order valence-electron chi connectivity index (χ4n) is 3.61. The fraction of sp³-hybridized carbons (Fsp3) is 0.321. The molecular formula is C28H31BrClNO5S. The van der Waals surface area contributed by atoms with E-state index in [9.17, 15) is 13.2 Å².